The maximum Gasteiger partial charge on any atom is 0.280 e. The summed E-state index contributed by atoms with van der Waals surface area (Å²) in [5.41, 5.74) is -0.126. The fourth-order valence-electron chi connectivity index (χ4n) is 2.78. The molecule has 1 amide bonds. The largest absolute Gasteiger partial charge is 0.382 e. The fraction of sp³-hybridized carbons (Fsp3) is 0.294. The molecule has 23 heavy (non-hydrogen) atoms. The first-order valence-electron chi connectivity index (χ1n) is 7.57. The van der Waals surface area contributed by atoms with Gasteiger partial charge in [0, 0.05) is 4.88 Å². The van der Waals surface area contributed by atoms with Gasteiger partial charge >= 0.3 is 0 Å². The number of fused-ring (bicyclic) bond motifs is 1. The van der Waals surface area contributed by atoms with Crippen LogP contribution in [0.3, 0.4) is 0 Å². The summed E-state index contributed by atoms with van der Waals surface area (Å²) in [6.07, 6.45) is 2.01. The van der Waals surface area contributed by atoms with Gasteiger partial charge in [0.05, 0.1) is 16.8 Å². The van der Waals surface area contributed by atoms with Crippen molar-refractivity contribution in [1.82, 2.24) is 10.3 Å². The van der Waals surface area contributed by atoms with Crippen LogP contribution >= 0.6 is 22.7 Å². The third-order valence-electron chi connectivity index (χ3n) is 4.21. The van der Waals surface area contributed by atoms with E-state index < -0.39 is 5.60 Å². The maximum atomic E-state index is 12.4. The van der Waals surface area contributed by atoms with Gasteiger partial charge in [0.15, 0.2) is 5.01 Å². The number of benzene rings is 1. The Kier molecular flexibility index (Phi) is 3.67. The third-order valence-corrected chi connectivity index (χ3v) is 6.28. The standard InChI is InChI=1S/C17H16N2O2S2/c20-15(16-19-12-4-1-2-5-13(12)23-16)18-10-17(21,11-7-8-11)14-6-3-9-22-14/h1-6,9,11,21H,7-8,10H2,(H,18,20)/t17-/m0/s1. The van der Waals surface area contributed by atoms with Gasteiger partial charge in [-0.1, -0.05) is 18.2 Å². The van der Waals surface area contributed by atoms with E-state index in [0.717, 1.165) is 27.9 Å². The molecular formula is C17H16N2O2S2. The molecule has 1 aliphatic carbocycles. The number of thiophene rings is 1. The van der Waals surface area contributed by atoms with Crippen LogP contribution in [0.15, 0.2) is 41.8 Å². The van der Waals surface area contributed by atoms with Gasteiger partial charge in [-0.05, 0) is 42.3 Å². The summed E-state index contributed by atoms with van der Waals surface area (Å²) >= 11 is 2.91. The Morgan fingerprint density at radius 1 is 1.30 bits per heavy atom. The lowest BCUT2D eigenvalue weighted by molar-refractivity contribution is 0.0169. The Balaban J connectivity index is 1.52. The Morgan fingerprint density at radius 3 is 2.83 bits per heavy atom. The number of carbonyl (C=O) groups excluding carboxylic acids is 1. The van der Waals surface area contributed by atoms with Crippen LogP contribution in [0.1, 0.15) is 27.5 Å². The van der Waals surface area contributed by atoms with E-state index in [9.17, 15) is 9.90 Å². The predicted octanol–water partition coefficient (Wildman–Crippen LogP) is 3.39. The summed E-state index contributed by atoms with van der Waals surface area (Å²) in [6.45, 7) is 0.229. The summed E-state index contributed by atoms with van der Waals surface area (Å²) in [5.74, 6) is 0.0126. The smallest absolute Gasteiger partial charge is 0.280 e. The van der Waals surface area contributed by atoms with Gasteiger partial charge in [0.25, 0.3) is 5.91 Å². The number of aromatic nitrogens is 1. The third kappa shape index (κ3) is 2.78. The molecule has 4 rings (SSSR count). The lowest BCUT2D eigenvalue weighted by Crippen LogP contribution is -2.42. The molecule has 0 bridgehead atoms. The van der Waals surface area contributed by atoms with Crippen LogP contribution in [0.2, 0.25) is 0 Å². The highest BCUT2D eigenvalue weighted by Gasteiger charge is 2.46. The zero-order chi connectivity index (χ0) is 15.9. The number of hydrogen-bond acceptors (Lipinski definition) is 5. The second-order valence-electron chi connectivity index (χ2n) is 5.85. The number of rotatable bonds is 5. The maximum absolute atomic E-state index is 12.4. The van der Waals surface area contributed by atoms with Gasteiger partial charge in [-0.25, -0.2) is 4.98 Å². The number of nitrogens with one attached hydrogen (secondary N) is 1. The van der Waals surface area contributed by atoms with Crippen molar-refractivity contribution in [3.8, 4) is 0 Å². The Hall–Kier alpha value is -1.76. The van der Waals surface area contributed by atoms with Crippen LogP contribution in [0.25, 0.3) is 10.2 Å². The van der Waals surface area contributed by atoms with Crippen molar-refractivity contribution >= 4 is 38.8 Å². The molecule has 1 fully saturated rings. The van der Waals surface area contributed by atoms with Crippen LogP contribution < -0.4 is 5.32 Å². The van der Waals surface area contributed by atoms with Crippen molar-refractivity contribution < 1.29 is 9.90 Å². The number of carbonyl (C=O) groups is 1. The van der Waals surface area contributed by atoms with Crippen molar-refractivity contribution in [3.05, 3.63) is 51.7 Å². The highest BCUT2D eigenvalue weighted by Crippen LogP contribution is 2.46. The monoisotopic (exact) mass is 344 g/mol. The summed E-state index contributed by atoms with van der Waals surface area (Å²) in [6, 6.07) is 11.6. The van der Waals surface area contributed by atoms with Gasteiger partial charge in [-0.2, -0.15) is 0 Å². The summed E-state index contributed by atoms with van der Waals surface area (Å²) in [5, 5.41) is 16.3. The molecule has 0 radical (unpaired) electrons. The van der Waals surface area contributed by atoms with Crippen molar-refractivity contribution in [3.63, 3.8) is 0 Å². The fourth-order valence-corrected chi connectivity index (χ4v) is 4.56. The first-order valence-corrected chi connectivity index (χ1v) is 9.26. The van der Waals surface area contributed by atoms with E-state index in [1.54, 1.807) is 0 Å². The Bertz CT molecular complexity index is 806. The highest BCUT2D eigenvalue weighted by atomic mass is 32.1. The Labute approximate surface area is 141 Å². The first-order chi connectivity index (χ1) is 11.2. The minimum absolute atomic E-state index is 0.221. The van der Waals surface area contributed by atoms with E-state index in [1.807, 2.05) is 41.8 Å². The van der Waals surface area contributed by atoms with Gasteiger partial charge in [0.2, 0.25) is 0 Å². The van der Waals surface area contributed by atoms with Gasteiger partial charge in [0.1, 0.15) is 5.60 Å². The van der Waals surface area contributed by atoms with Crippen molar-refractivity contribution in [2.24, 2.45) is 5.92 Å². The molecule has 1 saturated carbocycles. The molecule has 2 aromatic heterocycles. The lowest BCUT2D eigenvalue weighted by Gasteiger charge is -2.27. The van der Waals surface area contributed by atoms with E-state index in [-0.39, 0.29) is 18.4 Å². The second kappa shape index (κ2) is 5.70. The molecule has 4 nitrogen and oxygen atoms in total. The van der Waals surface area contributed by atoms with Crippen LogP contribution in [-0.2, 0) is 5.60 Å². The summed E-state index contributed by atoms with van der Waals surface area (Å²) in [4.78, 5) is 17.7. The Morgan fingerprint density at radius 2 is 2.13 bits per heavy atom. The van der Waals surface area contributed by atoms with Gasteiger partial charge in [-0.15, -0.1) is 22.7 Å². The van der Waals surface area contributed by atoms with E-state index in [1.165, 1.54) is 22.7 Å². The average molecular weight is 344 g/mol. The van der Waals surface area contributed by atoms with Crippen LogP contribution in [0.4, 0.5) is 0 Å². The van der Waals surface area contributed by atoms with Crippen molar-refractivity contribution in [1.29, 1.82) is 0 Å². The highest BCUT2D eigenvalue weighted by molar-refractivity contribution is 7.20. The van der Waals surface area contributed by atoms with Crippen LogP contribution in [0.5, 0.6) is 0 Å². The molecule has 0 spiro atoms. The molecule has 118 valence electrons. The molecule has 2 heterocycles. The van der Waals surface area contributed by atoms with E-state index in [2.05, 4.69) is 10.3 Å². The summed E-state index contributed by atoms with van der Waals surface area (Å²) in [7, 11) is 0. The molecule has 3 aromatic rings. The quantitative estimate of drug-likeness (QED) is 0.746. The van der Waals surface area contributed by atoms with Crippen LogP contribution in [-0.4, -0.2) is 22.5 Å². The molecule has 1 aromatic carbocycles. The van der Waals surface area contributed by atoms with E-state index in [0.29, 0.717) is 5.01 Å². The van der Waals surface area contributed by atoms with Crippen molar-refractivity contribution in [2.75, 3.05) is 6.54 Å². The number of hydrogen-bond donors (Lipinski definition) is 2. The van der Waals surface area contributed by atoms with Crippen molar-refractivity contribution in [2.45, 2.75) is 18.4 Å². The average Bonchev–Trinajstić information content (AvgIpc) is 3.12. The zero-order valence-electron chi connectivity index (χ0n) is 12.4. The lowest BCUT2D eigenvalue weighted by atomic mass is 9.95. The molecular weight excluding hydrogens is 328 g/mol. The minimum Gasteiger partial charge on any atom is -0.382 e. The minimum atomic E-state index is -0.958. The molecule has 0 saturated heterocycles. The number of para-hydroxylation sites is 1. The van der Waals surface area contributed by atoms with Gasteiger partial charge < -0.3 is 10.4 Å². The molecule has 1 atom stereocenters. The number of aliphatic hydroxyl groups is 1. The predicted molar refractivity (Wildman–Crippen MR) is 92.9 cm³/mol. The molecule has 0 aliphatic heterocycles. The molecule has 6 heteroatoms. The number of nitrogens with zero attached hydrogens (tertiary/aromatic N) is 1. The second-order valence-corrected chi connectivity index (χ2v) is 7.82. The summed E-state index contributed by atoms with van der Waals surface area (Å²) < 4.78 is 0.994. The normalized spacial score (nSPS) is 17.1. The number of thiazole rings is 1. The zero-order valence-corrected chi connectivity index (χ0v) is 14.0. The van der Waals surface area contributed by atoms with E-state index in [4.69, 9.17) is 0 Å². The molecule has 0 unspecified atom stereocenters. The SMILES string of the molecule is O=C(NC[C@@](O)(c1cccs1)C1CC1)c1nc2ccccc2s1. The van der Waals surface area contributed by atoms with E-state index >= 15 is 0 Å². The number of amides is 1. The van der Waals surface area contributed by atoms with Crippen LogP contribution in [0, 0.1) is 5.92 Å². The topological polar surface area (TPSA) is 62.2 Å². The molecule has 1 aliphatic rings. The molecule has 2 N–H and O–H groups in total. The van der Waals surface area contributed by atoms with Gasteiger partial charge in [-0.3, -0.25) is 4.79 Å². The first kappa shape index (κ1) is 14.8.